The Morgan fingerprint density at radius 2 is 2.17 bits per heavy atom. The molecule has 1 aliphatic heterocycles. The second-order valence-corrected chi connectivity index (χ2v) is 9.48. The number of imidazole rings is 1. The summed E-state index contributed by atoms with van der Waals surface area (Å²) in [5.41, 5.74) is 2.83. The third-order valence-electron chi connectivity index (χ3n) is 3.69. The molecule has 0 spiro atoms. The fraction of sp³-hybridized carbons (Fsp3) is 0.438. The fourth-order valence-corrected chi connectivity index (χ4v) is 3.57. The van der Waals surface area contributed by atoms with Crippen LogP contribution >= 0.6 is 15.9 Å². The monoisotopic (exact) mass is 397 g/mol. The van der Waals surface area contributed by atoms with Crippen molar-refractivity contribution in [2.24, 2.45) is 0 Å². The Morgan fingerprint density at radius 3 is 2.87 bits per heavy atom. The lowest BCUT2D eigenvalue weighted by Crippen LogP contribution is -2.40. The van der Waals surface area contributed by atoms with Gasteiger partial charge in [-0.25, -0.2) is 4.98 Å². The van der Waals surface area contributed by atoms with Gasteiger partial charge in [0.15, 0.2) is 0 Å². The number of halogens is 1. The highest BCUT2D eigenvalue weighted by atomic mass is 79.9. The van der Waals surface area contributed by atoms with Crippen LogP contribution in [0.15, 0.2) is 29.0 Å². The Morgan fingerprint density at radius 1 is 1.43 bits per heavy atom. The van der Waals surface area contributed by atoms with Gasteiger partial charge in [0, 0.05) is 15.8 Å². The average Bonchev–Trinajstić information content (AvgIpc) is 2.89. The first kappa shape index (κ1) is 16.8. The highest BCUT2D eigenvalue weighted by Crippen LogP contribution is 2.34. The van der Waals surface area contributed by atoms with Gasteiger partial charge in [0.25, 0.3) is 0 Å². The molecule has 0 saturated heterocycles. The lowest BCUT2D eigenvalue weighted by Gasteiger charge is -2.27. The summed E-state index contributed by atoms with van der Waals surface area (Å²) in [7, 11) is 0. The molecule has 23 heavy (non-hydrogen) atoms. The summed E-state index contributed by atoms with van der Waals surface area (Å²) in [6.07, 6.45) is 1.80. The highest BCUT2D eigenvalue weighted by Gasteiger charge is 2.31. The standard InChI is InChI=1S/C16H20BrN3O2S/c1-10(19-23(21)16(2,3)4)15-13-8-22-14-7-11(17)5-6-12(14)20(13)9-18-15/h5-7,9-10,19H,8H2,1-4H3. The van der Waals surface area contributed by atoms with Gasteiger partial charge in [0.05, 0.1) is 23.1 Å². The predicted molar refractivity (Wildman–Crippen MR) is 95.0 cm³/mol. The molecule has 1 aromatic heterocycles. The van der Waals surface area contributed by atoms with Crippen molar-refractivity contribution in [3.63, 3.8) is 0 Å². The molecule has 1 N–H and O–H groups in total. The Balaban J connectivity index is 1.89. The summed E-state index contributed by atoms with van der Waals surface area (Å²) >= 11 is 2.31. The maximum absolute atomic E-state index is 12.3. The van der Waals surface area contributed by atoms with Crippen LogP contribution in [0.25, 0.3) is 5.69 Å². The summed E-state index contributed by atoms with van der Waals surface area (Å²) in [6.45, 7) is 8.27. The zero-order valence-corrected chi connectivity index (χ0v) is 16.0. The minimum absolute atomic E-state index is 0.119. The van der Waals surface area contributed by atoms with Crippen molar-refractivity contribution in [2.75, 3.05) is 0 Å². The molecule has 3 rings (SSSR count). The lowest BCUT2D eigenvalue weighted by atomic mass is 10.2. The van der Waals surface area contributed by atoms with Crippen LogP contribution < -0.4 is 9.46 Å². The van der Waals surface area contributed by atoms with E-state index in [9.17, 15) is 4.55 Å². The fourth-order valence-electron chi connectivity index (χ4n) is 2.44. The quantitative estimate of drug-likeness (QED) is 0.802. The van der Waals surface area contributed by atoms with E-state index in [0.29, 0.717) is 6.61 Å². The second-order valence-electron chi connectivity index (χ2n) is 6.57. The molecule has 5 nitrogen and oxygen atoms in total. The van der Waals surface area contributed by atoms with Crippen molar-refractivity contribution in [3.8, 4) is 11.4 Å². The molecule has 2 unspecified atom stereocenters. The molecule has 7 heteroatoms. The Labute approximate surface area is 147 Å². The average molecular weight is 398 g/mol. The minimum atomic E-state index is -1.15. The molecule has 0 amide bonds. The number of benzene rings is 1. The van der Waals surface area contributed by atoms with E-state index in [2.05, 4.69) is 25.6 Å². The van der Waals surface area contributed by atoms with Crippen molar-refractivity contribution in [1.82, 2.24) is 14.3 Å². The summed E-state index contributed by atoms with van der Waals surface area (Å²) in [5.74, 6) is 0.828. The van der Waals surface area contributed by atoms with Gasteiger partial charge in [-0.1, -0.05) is 15.9 Å². The smallest absolute Gasteiger partial charge is 0.145 e. The first-order chi connectivity index (χ1) is 10.8. The molecule has 1 aliphatic rings. The van der Waals surface area contributed by atoms with E-state index in [1.807, 2.05) is 50.5 Å². The number of nitrogens with zero attached hydrogens (tertiary/aromatic N) is 2. The molecule has 2 heterocycles. The minimum Gasteiger partial charge on any atom is -0.598 e. The van der Waals surface area contributed by atoms with Crippen LogP contribution in [0.5, 0.6) is 5.75 Å². The molecule has 0 bridgehead atoms. The van der Waals surface area contributed by atoms with Gasteiger partial charge in [-0.05, 0) is 45.9 Å². The van der Waals surface area contributed by atoms with Gasteiger partial charge in [0.2, 0.25) is 0 Å². The Kier molecular flexibility index (Phi) is 4.48. The number of hydrogen-bond acceptors (Lipinski definition) is 4. The van der Waals surface area contributed by atoms with E-state index < -0.39 is 11.4 Å². The predicted octanol–water partition coefficient (Wildman–Crippen LogP) is 3.64. The molecule has 0 fully saturated rings. The van der Waals surface area contributed by atoms with Crippen molar-refractivity contribution in [1.29, 1.82) is 0 Å². The van der Waals surface area contributed by atoms with Gasteiger partial charge in [-0.15, -0.1) is 4.72 Å². The lowest BCUT2D eigenvalue weighted by molar-refractivity contribution is 0.282. The zero-order chi connectivity index (χ0) is 16.8. The largest absolute Gasteiger partial charge is 0.598 e. The number of rotatable bonds is 3. The van der Waals surface area contributed by atoms with Gasteiger partial charge >= 0.3 is 0 Å². The van der Waals surface area contributed by atoms with E-state index in [0.717, 1.165) is 27.3 Å². The second kappa shape index (κ2) is 6.12. The molecule has 1 aromatic carbocycles. The number of nitrogens with one attached hydrogen (secondary N) is 1. The Bertz CT molecular complexity index is 727. The van der Waals surface area contributed by atoms with Crippen LogP contribution in [0.4, 0.5) is 0 Å². The number of hydrogen-bond donors (Lipinski definition) is 1. The number of aromatic nitrogens is 2. The zero-order valence-electron chi connectivity index (χ0n) is 13.6. The number of ether oxygens (including phenoxy) is 1. The van der Waals surface area contributed by atoms with Crippen molar-refractivity contribution >= 4 is 27.3 Å². The van der Waals surface area contributed by atoms with E-state index >= 15 is 0 Å². The topological polar surface area (TPSA) is 62.1 Å². The molecule has 2 aromatic rings. The van der Waals surface area contributed by atoms with Gasteiger partial charge < -0.3 is 9.29 Å². The van der Waals surface area contributed by atoms with Gasteiger partial charge in [-0.2, -0.15) is 0 Å². The van der Waals surface area contributed by atoms with Crippen LogP contribution in [0.1, 0.15) is 45.1 Å². The molecule has 124 valence electrons. The highest BCUT2D eigenvalue weighted by molar-refractivity contribution is 9.10. The number of fused-ring (bicyclic) bond motifs is 3. The van der Waals surface area contributed by atoms with E-state index in [-0.39, 0.29) is 10.8 Å². The van der Waals surface area contributed by atoms with Crippen LogP contribution in [-0.2, 0) is 18.0 Å². The van der Waals surface area contributed by atoms with Crippen LogP contribution in [0, 0.1) is 0 Å². The third-order valence-corrected chi connectivity index (χ3v) is 5.87. The molecule has 0 aliphatic carbocycles. The molecule has 2 atom stereocenters. The SMILES string of the molecule is CC(N[S+]([O-])C(C)(C)C)c1ncn2c1COc1cc(Br)ccc1-2. The summed E-state index contributed by atoms with van der Waals surface area (Å²) in [5, 5.41) is 0. The molecular formula is C16H20BrN3O2S. The maximum Gasteiger partial charge on any atom is 0.145 e. The van der Waals surface area contributed by atoms with Crippen molar-refractivity contribution in [3.05, 3.63) is 40.4 Å². The maximum atomic E-state index is 12.3. The third kappa shape index (κ3) is 3.28. The van der Waals surface area contributed by atoms with Crippen LogP contribution in [0.3, 0.4) is 0 Å². The van der Waals surface area contributed by atoms with Crippen molar-refractivity contribution in [2.45, 2.75) is 45.1 Å². The van der Waals surface area contributed by atoms with Gasteiger partial charge in [0.1, 0.15) is 23.4 Å². The van der Waals surface area contributed by atoms with Crippen LogP contribution in [-0.4, -0.2) is 18.9 Å². The molecule has 0 saturated carbocycles. The first-order valence-electron chi connectivity index (χ1n) is 7.44. The molecule has 0 radical (unpaired) electrons. The molecular weight excluding hydrogens is 378 g/mol. The van der Waals surface area contributed by atoms with E-state index in [4.69, 9.17) is 4.74 Å². The normalized spacial score (nSPS) is 16.3. The first-order valence-corrected chi connectivity index (χ1v) is 9.38. The van der Waals surface area contributed by atoms with E-state index in [1.165, 1.54) is 0 Å². The summed E-state index contributed by atoms with van der Waals surface area (Å²) in [6, 6.07) is 5.81. The van der Waals surface area contributed by atoms with E-state index in [1.54, 1.807) is 6.33 Å². The summed E-state index contributed by atoms with van der Waals surface area (Å²) in [4.78, 5) is 4.53. The summed E-state index contributed by atoms with van der Waals surface area (Å²) < 4.78 is 24.0. The van der Waals surface area contributed by atoms with Gasteiger partial charge in [-0.3, -0.25) is 4.57 Å². The van der Waals surface area contributed by atoms with Crippen molar-refractivity contribution < 1.29 is 9.29 Å². The Hall–Kier alpha value is -1.02. The van der Waals surface area contributed by atoms with Crippen LogP contribution in [0.2, 0.25) is 0 Å².